The van der Waals surface area contributed by atoms with Crippen LogP contribution in [0.4, 0.5) is 0 Å². The fourth-order valence-corrected chi connectivity index (χ4v) is 6.55. The molecular weight excluding hydrogens is 424 g/mol. The van der Waals surface area contributed by atoms with E-state index in [4.69, 9.17) is 4.74 Å². The van der Waals surface area contributed by atoms with E-state index < -0.39 is 10.0 Å². The standard InChI is InChI=1S/C25H30N2O4S/c1-17-6-7-18(2)24(10-17)25(28)26-9-8-23(15-26)31-22-5-3-4-19(11-22)16-32(29,30)27-13-20-12-21(20)14-27/h3-7,10-11,20-21,23H,8-9,12-16H2,1-2H3/t20?,21?,23-/m0/s1. The van der Waals surface area contributed by atoms with Gasteiger partial charge in [0.25, 0.3) is 5.91 Å². The molecule has 3 fully saturated rings. The number of fused-ring (bicyclic) bond motifs is 1. The fourth-order valence-electron chi connectivity index (χ4n) is 4.93. The molecule has 2 unspecified atom stereocenters. The lowest BCUT2D eigenvalue weighted by atomic mass is 10.0. The van der Waals surface area contributed by atoms with Gasteiger partial charge in [0, 0.05) is 31.6 Å². The molecule has 0 bridgehead atoms. The van der Waals surface area contributed by atoms with Crippen LogP contribution in [0.5, 0.6) is 5.75 Å². The average Bonchev–Trinajstić information content (AvgIpc) is 3.12. The van der Waals surface area contributed by atoms with Gasteiger partial charge in [0.2, 0.25) is 10.0 Å². The van der Waals surface area contributed by atoms with Gasteiger partial charge in [-0.1, -0.05) is 29.8 Å². The molecule has 7 heteroatoms. The third kappa shape index (κ3) is 4.41. The van der Waals surface area contributed by atoms with E-state index in [0.717, 1.165) is 28.7 Å². The SMILES string of the molecule is Cc1ccc(C)c(C(=O)N2CC[C@H](Oc3cccc(CS(=O)(=O)N4CC5CC5C4)c3)C2)c1. The molecule has 0 N–H and O–H groups in total. The zero-order valence-corrected chi connectivity index (χ0v) is 19.5. The molecule has 0 radical (unpaired) electrons. The van der Waals surface area contributed by atoms with Crippen LogP contribution in [-0.4, -0.2) is 55.8 Å². The summed E-state index contributed by atoms with van der Waals surface area (Å²) in [5.74, 6) is 1.87. The molecule has 1 aliphatic carbocycles. The molecule has 2 heterocycles. The van der Waals surface area contributed by atoms with Gasteiger partial charge < -0.3 is 9.64 Å². The third-order valence-corrected chi connectivity index (χ3v) is 8.73. The minimum atomic E-state index is -3.29. The van der Waals surface area contributed by atoms with E-state index in [0.29, 0.717) is 43.8 Å². The number of aryl methyl sites for hydroxylation is 2. The topological polar surface area (TPSA) is 66.9 Å². The highest BCUT2D eigenvalue weighted by atomic mass is 32.2. The zero-order chi connectivity index (χ0) is 22.5. The van der Waals surface area contributed by atoms with E-state index >= 15 is 0 Å². The van der Waals surface area contributed by atoms with Gasteiger partial charge in [-0.2, -0.15) is 0 Å². The third-order valence-electron chi connectivity index (χ3n) is 6.94. The number of amides is 1. The maximum absolute atomic E-state index is 13.0. The molecule has 1 amide bonds. The van der Waals surface area contributed by atoms with Gasteiger partial charge in [-0.05, 0) is 61.4 Å². The summed E-state index contributed by atoms with van der Waals surface area (Å²) in [7, 11) is -3.29. The van der Waals surface area contributed by atoms with Gasteiger partial charge in [-0.15, -0.1) is 0 Å². The molecule has 32 heavy (non-hydrogen) atoms. The molecule has 6 nitrogen and oxygen atoms in total. The zero-order valence-electron chi connectivity index (χ0n) is 18.7. The van der Waals surface area contributed by atoms with Gasteiger partial charge in [-0.3, -0.25) is 4.79 Å². The Morgan fingerprint density at radius 1 is 1.06 bits per heavy atom. The van der Waals surface area contributed by atoms with Crippen LogP contribution in [0.2, 0.25) is 0 Å². The molecule has 2 aliphatic heterocycles. The second kappa shape index (κ2) is 8.19. The number of piperidine rings is 1. The first-order valence-corrected chi connectivity index (χ1v) is 13.0. The van der Waals surface area contributed by atoms with Gasteiger partial charge in [0.15, 0.2) is 0 Å². The molecule has 0 aromatic heterocycles. The maximum atomic E-state index is 13.0. The number of carbonyl (C=O) groups excluding carboxylic acids is 1. The van der Waals surface area contributed by atoms with Crippen molar-refractivity contribution in [1.82, 2.24) is 9.21 Å². The quantitative estimate of drug-likeness (QED) is 0.671. The highest BCUT2D eigenvalue weighted by Crippen LogP contribution is 2.46. The summed E-state index contributed by atoms with van der Waals surface area (Å²) in [5.41, 5.74) is 3.54. The number of nitrogens with zero attached hydrogens (tertiary/aromatic N) is 2. The lowest BCUT2D eigenvalue weighted by Gasteiger charge is -2.19. The summed E-state index contributed by atoms with van der Waals surface area (Å²) in [6, 6.07) is 13.3. The summed E-state index contributed by atoms with van der Waals surface area (Å²) in [6.45, 7) is 6.49. The summed E-state index contributed by atoms with van der Waals surface area (Å²) in [6.07, 6.45) is 1.84. The summed E-state index contributed by atoms with van der Waals surface area (Å²) in [5, 5.41) is 0. The lowest BCUT2D eigenvalue weighted by molar-refractivity contribution is 0.0771. The van der Waals surface area contributed by atoms with Crippen molar-refractivity contribution in [2.24, 2.45) is 11.8 Å². The van der Waals surface area contributed by atoms with Crippen molar-refractivity contribution < 1.29 is 17.9 Å². The molecular formula is C25H30N2O4S. The molecule has 3 atom stereocenters. The highest BCUT2D eigenvalue weighted by Gasteiger charge is 2.48. The Morgan fingerprint density at radius 2 is 1.84 bits per heavy atom. The smallest absolute Gasteiger partial charge is 0.254 e. The van der Waals surface area contributed by atoms with Crippen LogP contribution >= 0.6 is 0 Å². The molecule has 5 rings (SSSR count). The van der Waals surface area contributed by atoms with Crippen LogP contribution in [0.25, 0.3) is 0 Å². The Bertz CT molecular complexity index is 1140. The first-order chi connectivity index (χ1) is 15.3. The number of carbonyl (C=O) groups is 1. The molecule has 2 saturated heterocycles. The van der Waals surface area contributed by atoms with Crippen molar-refractivity contribution in [1.29, 1.82) is 0 Å². The van der Waals surface area contributed by atoms with Gasteiger partial charge in [-0.25, -0.2) is 12.7 Å². The van der Waals surface area contributed by atoms with Crippen molar-refractivity contribution >= 4 is 15.9 Å². The van der Waals surface area contributed by atoms with Crippen molar-refractivity contribution in [3.8, 4) is 5.75 Å². The molecule has 1 saturated carbocycles. The number of ether oxygens (including phenoxy) is 1. The second-order valence-corrected chi connectivity index (χ2v) is 11.5. The van der Waals surface area contributed by atoms with Crippen LogP contribution in [0, 0.1) is 25.7 Å². The van der Waals surface area contributed by atoms with Crippen LogP contribution in [0.3, 0.4) is 0 Å². The van der Waals surface area contributed by atoms with Crippen molar-refractivity contribution in [2.75, 3.05) is 26.2 Å². The van der Waals surface area contributed by atoms with Crippen LogP contribution < -0.4 is 4.74 Å². The van der Waals surface area contributed by atoms with E-state index in [2.05, 4.69) is 0 Å². The number of benzene rings is 2. The Kier molecular flexibility index (Phi) is 5.50. The number of hydrogen-bond acceptors (Lipinski definition) is 4. The van der Waals surface area contributed by atoms with Crippen LogP contribution in [0.1, 0.15) is 39.9 Å². The van der Waals surface area contributed by atoms with Crippen molar-refractivity contribution in [3.05, 3.63) is 64.7 Å². The van der Waals surface area contributed by atoms with E-state index in [1.165, 1.54) is 6.42 Å². The minimum absolute atomic E-state index is 0.00551. The number of sulfonamides is 1. The number of rotatable bonds is 6. The molecule has 170 valence electrons. The molecule has 2 aromatic carbocycles. The Morgan fingerprint density at radius 3 is 2.62 bits per heavy atom. The Hall–Kier alpha value is -2.38. The first-order valence-electron chi connectivity index (χ1n) is 11.4. The van der Waals surface area contributed by atoms with Crippen molar-refractivity contribution in [3.63, 3.8) is 0 Å². The van der Waals surface area contributed by atoms with Crippen molar-refractivity contribution in [2.45, 2.75) is 38.5 Å². The summed E-state index contributed by atoms with van der Waals surface area (Å²) >= 11 is 0. The number of hydrogen-bond donors (Lipinski definition) is 0. The Labute approximate surface area is 190 Å². The van der Waals surface area contributed by atoms with E-state index in [1.54, 1.807) is 4.31 Å². The largest absolute Gasteiger partial charge is 0.489 e. The fraction of sp³-hybridized carbons (Fsp3) is 0.480. The van der Waals surface area contributed by atoms with Gasteiger partial charge in [0.1, 0.15) is 11.9 Å². The first kappa shape index (κ1) is 21.5. The molecule has 2 aromatic rings. The van der Waals surface area contributed by atoms with E-state index in [9.17, 15) is 13.2 Å². The van der Waals surface area contributed by atoms with E-state index in [1.807, 2.05) is 61.2 Å². The van der Waals surface area contributed by atoms with Crippen LogP contribution in [0.15, 0.2) is 42.5 Å². The maximum Gasteiger partial charge on any atom is 0.254 e. The van der Waals surface area contributed by atoms with E-state index in [-0.39, 0.29) is 17.8 Å². The summed E-state index contributed by atoms with van der Waals surface area (Å²) < 4.78 is 33.3. The molecule has 3 aliphatic rings. The monoisotopic (exact) mass is 454 g/mol. The normalized spacial score (nSPS) is 25.1. The van der Waals surface area contributed by atoms with Crippen LogP contribution in [-0.2, 0) is 15.8 Å². The predicted octanol–water partition coefficient (Wildman–Crippen LogP) is 3.38. The van der Waals surface area contributed by atoms with Gasteiger partial charge >= 0.3 is 0 Å². The highest BCUT2D eigenvalue weighted by molar-refractivity contribution is 7.88. The summed E-state index contributed by atoms with van der Waals surface area (Å²) in [4.78, 5) is 14.8. The molecule has 0 spiro atoms. The Balaban J connectivity index is 1.21. The average molecular weight is 455 g/mol. The second-order valence-electron chi connectivity index (χ2n) is 9.57. The lowest BCUT2D eigenvalue weighted by Crippen LogP contribution is -2.31. The number of likely N-dealkylation sites (tertiary alicyclic amines) is 1. The minimum Gasteiger partial charge on any atom is -0.489 e. The predicted molar refractivity (Wildman–Crippen MR) is 123 cm³/mol. The van der Waals surface area contributed by atoms with Gasteiger partial charge in [0.05, 0.1) is 12.3 Å².